The van der Waals surface area contributed by atoms with E-state index < -0.39 is 0 Å². The Labute approximate surface area is 99.2 Å². The molecule has 1 aromatic rings. The molecular formula is C13H25N3. The van der Waals surface area contributed by atoms with Gasteiger partial charge in [0.2, 0.25) is 0 Å². The standard InChI is InChI=1S/C13H25N3/c1-5-11(3)7-13(14-6-2)8-12-9-15-16(4)10-12/h9-11,13-14H,5-8H2,1-4H3. The summed E-state index contributed by atoms with van der Waals surface area (Å²) < 4.78 is 1.88. The first-order chi connectivity index (χ1) is 7.65. The van der Waals surface area contributed by atoms with Crippen LogP contribution < -0.4 is 5.32 Å². The zero-order valence-electron chi connectivity index (χ0n) is 11.0. The average molecular weight is 223 g/mol. The van der Waals surface area contributed by atoms with Crippen LogP contribution in [0.2, 0.25) is 0 Å². The van der Waals surface area contributed by atoms with Crippen molar-refractivity contribution in [2.45, 2.75) is 46.1 Å². The summed E-state index contributed by atoms with van der Waals surface area (Å²) in [6, 6.07) is 0.587. The summed E-state index contributed by atoms with van der Waals surface area (Å²) in [7, 11) is 1.97. The van der Waals surface area contributed by atoms with E-state index in [-0.39, 0.29) is 0 Å². The van der Waals surface area contributed by atoms with E-state index in [1.807, 2.05) is 17.9 Å². The van der Waals surface area contributed by atoms with Gasteiger partial charge < -0.3 is 5.32 Å². The molecule has 0 aliphatic rings. The molecule has 16 heavy (non-hydrogen) atoms. The van der Waals surface area contributed by atoms with Crippen molar-refractivity contribution in [2.24, 2.45) is 13.0 Å². The monoisotopic (exact) mass is 223 g/mol. The first-order valence-corrected chi connectivity index (χ1v) is 6.36. The number of likely N-dealkylation sites (N-methyl/N-ethyl adjacent to an activating group) is 1. The minimum atomic E-state index is 0.587. The Morgan fingerprint density at radius 2 is 2.19 bits per heavy atom. The molecule has 0 saturated carbocycles. The molecule has 0 fully saturated rings. The van der Waals surface area contributed by atoms with Crippen molar-refractivity contribution in [1.29, 1.82) is 0 Å². The van der Waals surface area contributed by atoms with Crippen molar-refractivity contribution in [2.75, 3.05) is 6.54 Å². The lowest BCUT2D eigenvalue weighted by Gasteiger charge is -2.20. The minimum absolute atomic E-state index is 0.587. The van der Waals surface area contributed by atoms with Crippen molar-refractivity contribution in [1.82, 2.24) is 15.1 Å². The van der Waals surface area contributed by atoms with Gasteiger partial charge in [-0.15, -0.1) is 0 Å². The Balaban J connectivity index is 2.50. The van der Waals surface area contributed by atoms with Gasteiger partial charge in [-0.2, -0.15) is 5.10 Å². The number of nitrogens with one attached hydrogen (secondary N) is 1. The van der Waals surface area contributed by atoms with E-state index in [0.717, 1.165) is 18.9 Å². The zero-order chi connectivity index (χ0) is 12.0. The van der Waals surface area contributed by atoms with Crippen LogP contribution in [-0.4, -0.2) is 22.4 Å². The van der Waals surface area contributed by atoms with Crippen LogP contribution in [0, 0.1) is 5.92 Å². The highest BCUT2D eigenvalue weighted by atomic mass is 15.2. The fourth-order valence-corrected chi connectivity index (χ4v) is 2.04. The topological polar surface area (TPSA) is 29.9 Å². The van der Waals surface area contributed by atoms with Gasteiger partial charge in [-0.25, -0.2) is 0 Å². The molecule has 0 amide bonds. The minimum Gasteiger partial charge on any atom is -0.314 e. The largest absolute Gasteiger partial charge is 0.314 e. The fraction of sp³-hybridized carbons (Fsp3) is 0.769. The summed E-state index contributed by atoms with van der Waals surface area (Å²) in [4.78, 5) is 0. The number of hydrogen-bond acceptors (Lipinski definition) is 2. The van der Waals surface area contributed by atoms with Crippen LogP contribution in [-0.2, 0) is 13.5 Å². The SMILES string of the molecule is CCNC(Cc1cnn(C)c1)CC(C)CC. The van der Waals surface area contributed by atoms with Gasteiger partial charge in [0.15, 0.2) is 0 Å². The van der Waals surface area contributed by atoms with E-state index in [2.05, 4.69) is 37.4 Å². The Hall–Kier alpha value is -0.830. The highest BCUT2D eigenvalue weighted by molar-refractivity contribution is 5.06. The fourth-order valence-electron chi connectivity index (χ4n) is 2.04. The summed E-state index contributed by atoms with van der Waals surface area (Å²) >= 11 is 0. The van der Waals surface area contributed by atoms with Crippen molar-refractivity contribution in [3.63, 3.8) is 0 Å². The van der Waals surface area contributed by atoms with Gasteiger partial charge in [0.05, 0.1) is 6.20 Å². The van der Waals surface area contributed by atoms with Gasteiger partial charge in [-0.1, -0.05) is 27.2 Å². The number of hydrogen-bond donors (Lipinski definition) is 1. The van der Waals surface area contributed by atoms with E-state index in [1.54, 1.807) is 0 Å². The Bertz CT molecular complexity index is 293. The summed E-state index contributed by atoms with van der Waals surface area (Å²) in [5.74, 6) is 0.792. The normalized spacial score (nSPS) is 15.0. The van der Waals surface area contributed by atoms with Crippen LogP contribution in [0.1, 0.15) is 39.2 Å². The van der Waals surface area contributed by atoms with Crippen molar-refractivity contribution in [3.05, 3.63) is 18.0 Å². The molecule has 0 saturated heterocycles. The lowest BCUT2D eigenvalue weighted by molar-refractivity contribution is 0.397. The van der Waals surface area contributed by atoms with Gasteiger partial charge >= 0.3 is 0 Å². The van der Waals surface area contributed by atoms with Gasteiger partial charge in [0.25, 0.3) is 0 Å². The quantitative estimate of drug-likeness (QED) is 0.769. The third-order valence-corrected chi connectivity index (χ3v) is 3.12. The molecule has 0 aromatic carbocycles. The second-order valence-electron chi connectivity index (χ2n) is 4.73. The molecule has 92 valence electrons. The number of nitrogens with zero attached hydrogens (tertiary/aromatic N) is 2. The summed E-state index contributed by atoms with van der Waals surface area (Å²) in [6.45, 7) is 7.81. The maximum absolute atomic E-state index is 4.22. The van der Waals surface area contributed by atoms with Gasteiger partial charge in [0, 0.05) is 19.3 Å². The van der Waals surface area contributed by atoms with Crippen LogP contribution in [0.3, 0.4) is 0 Å². The first kappa shape index (κ1) is 13.2. The van der Waals surface area contributed by atoms with Crippen LogP contribution in [0.15, 0.2) is 12.4 Å². The summed E-state index contributed by atoms with van der Waals surface area (Å²) in [5, 5.41) is 7.79. The molecule has 0 spiro atoms. The van der Waals surface area contributed by atoms with Crippen LogP contribution in [0.5, 0.6) is 0 Å². The molecule has 2 unspecified atom stereocenters. The smallest absolute Gasteiger partial charge is 0.0522 e. The number of aryl methyl sites for hydroxylation is 1. The molecule has 1 N–H and O–H groups in total. The highest BCUT2D eigenvalue weighted by Crippen LogP contribution is 2.13. The van der Waals surface area contributed by atoms with E-state index in [1.165, 1.54) is 18.4 Å². The molecule has 0 aliphatic heterocycles. The molecular weight excluding hydrogens is 198 g/mol. The maximum atomic E-state index is 4.22. The summed E-state index contributed by atoms with van der Waals surface area (Å²) in [6.07, 6.45) is 7.68. The molecule has 3 nitrogen and oxygen atoms in total. The van der Waals surface area contributed by atoms with E-state index in [0.29, 0.717) is 6.04 Å². The van der Waals surface area contributed by atoms with E-state index in [9.17, 15) is 0 Å². The van der Waals surface area contributed by atoms with Gasteiger partial charge in [-0.3, -0.25) is 4.68 Å². The maximum Gasteiger partial charge on any atom is 0.0522 e. The third kappa shape index (κ3) is 4.35. The van der Waals surface area contributed by atoms with Crippen LogP contribution >= 0.6 is 0 Å². The molecule has 0 aliphatic carbocycles. The van der Waals surface area contributed by atoms with Gasteiger partial charge in [-0.05, 0) is 30.9 Å². The molecule has 0 bridgehead atoms. The van der Waals surface area contributed by atoms with Crippen molar-refractivity contribution in [3.8, 4) is 0 Å². The van der Waals surface area contributed by atoms with E-state index in [4.69, 9.17) is 0 Å². The number of rotatable bonds is 7. The van der Waals surface area contributed by atoms with Crippen molar-refractivity contribution >= 4 is 0 Å². The lowest BCUT2D eigenvalue weighted by atomic mass is 9.95. The molecule has 1 aromatic heterocycles. The van der Waals surface area contributed by atoms with Gasteiger partial charge in [0.1, 0.15) is 0 Å². The molecule has 2 atom stereocenters. The predicted molar refractivity (Wildman–Crippen MR) is 68.4 cm³/mol. The molecule has 3 heteroatoms. The van der Waals surface area contributed by atoms with Crippen LogP contribution in [0.4, 0.5) is 0 Å². The molecule has 1 rings (SSSR count). The van der Waals surface area contributed by atoms with Crippen LogP contribution in [0.25, 0.3) is 0 Å². The average Bonchev–Trinajstić information content (AvgIpc) is 2.64. The lowest BCUT2D eigenvalue weighted by Crippen LogP contribution is -2.32. The van der Waals surface area contributed by atoms with E-state index >= 15 is 0 Å². The van der Waals surface area contributed by atoms with Crippen molar-refractivity contribution < 1.29 is 0 Å². The Morgan fingerprint density at radius 3 is 2.69 bits per heavy atom. The second kappa shape index (κ2) is 6.69. The Kier molecular flexibility index (Phi) is 5.53. The molecule has 0 radical (unpaired) electrons. The second-order valence-corrected chi connectivity index (χ2v) is 4.73. The number of aromatic nitrogens is 2. The third-order valence-electron chi connectivity index (χ3n) is 3.12. The zero-order valence-corrected chi connectivity index (χ0v) is 11.0. The highest BCUT2D eigenvalue weighted by Gasteiger charge is 2.12. The summed E-state index contributed by atoms with van der Waals surface area (Å²) in [5.41, 5.74) is 1.33. The first-order valence-electron chi connectivity index (χ1n) is 6.36. The predicted octanol–water partition coefficient (Wildman–Crippen LogP) is 2.38. The molecule has 1 heterocycles. The Morgan fingerprint density at radius 1 is 1.44 bits per heavy atom.